The van der Waals surface area contributed by atoms with Crippen LogP contribution in [0.25, 0.3) is 0 Å². The molecule has 0 atom stereocenters. The van der Waals surface area contributed by atoms with Crippen molar-refractivity contribution in [3.63, 3.8) is 0 Å². The molecule has 2 aliphatic heterocycles. The normalized spacial score (nSPS) is 18.3. The predicted molar refractivity (Wildman–Crippen MR) is 101 cm³/mol. The van der Waals surface area contributed by atoms with E-state index in [1.165, 1.54) is 0 Å². The minimum Gasteiger partial charge on any atom is -0.460 e. The fraction of sp³-hybridized carbons (Fsp3) is 0.529. The second-order valence-corrected chi connectivity index (χ2v) is 6.28. The third-order valence-corrected chi connectivity index (χ3v) is 4.32. The van der Waals surface area contributed by atoms with Gasteiger partial charge in [-0.05, 0) is 19.1 Å². The van der Waals surface area contributed by atoms with Gasteiger partial charge in [0.2, 0.25) is 17.8 Å². The van der Waals surface area contributed by atoms with Crippen molar-refractivity contribution >= 4 is 24.1 Å². The Labute approximate surface area is 157 Å². The van der Waals surface area contributed by atoms with E-state index in [0.717, 1.165) is 31.9 Å². The van der Waals surface area contributed by atoms with E-state index in [2.05, 4.69) is 35.3 Å². The number of ether oxygens (including phenoxy) is 2. The number of anilines is 3. The van der Waals surface area contributed by atoms with Crippen molar-refractivity contribution in [2.45, 2.75) is 6.92 Å². The first-order chi connectivity index (χ1) is 13.3. The first-order valence-electron chi connectivity index (χ1n) is 9.05. The van der Waals surface area contributed by atoms with E-state index in [1.54, 1.807) is 6.21 Å². The number of hydrazone groups is 1. The molecule has 0 saturated carbocycles. The van der Waals surface area contributed by atoms with Crippen LogP contribution in [-0.2, 0) is 9.47 Å². The highest BCUT2D eigenvalue weighted by atomic mass is 16.5. The van der Waals surface area contributed by atoms with E-state index in [9.17, 15) is 0 Å². The van der Waals surface area contributed by atoms with Crippen LogP contribution in [0.1, 0.15) is 11.5 Å². The molecule has 0 unspecified atom stereocenters. The Balaban J connectivity index is 1.55. The van der Waals surface area contributed by atoms with Crippen molar-refractivity contribution in [3.05, 3.63) is 23.7 Å². The van der Waals surface area contributed by atoms with Gasteiger partial charge < -0.3 is 23.7 Å². The number of morpholine rings is 2. The molecule has 1 N–H and O–H groups in total. The summed E-state index contributed by atoms with van der Waals surface area (Å²) in [4.78, 5) is 17.9. The minimum atomic E-state index is 0.396. The van der Waals surface area contributed by atoms with Crippen LogP contribution in [0.5, 0.6) is 0 Å². The molecule has 0 aliphatic carbocycles. The molecular formula is C17H23N7O3. The van der Waals surface area contributed by atoms with Crippen molar-refractivity contribution in [2.75, 3.05) is 67.8 Å². The summed E-state index contributed by atoms with van der Waals surface area (Å²) in [5.74, 6) is 3.15. The Morgan fingerprint density at radius 1 is 0.926 bits per heavy atom. The topological polar surface area (TPSA) is 101 Å². The zero-order valence-electron chi connectivity index (χ0n) is 15.3. The molecule has 2 aliphatic rings. The maximum atomic E-state index is 5.47. The first-order valence-corrected chi connectivity index (χ1v) is 9.05. The predicted octanol–water partition coefficient (Wildman–Crippen LogP) is 0.892. The van der Waals surface area contributed by atoms with Crippen molar-refractivity contribution in [2.24, 2.45) is 5.10 Å². The van der Waals surface area contributed by atoms with Gasteiger partial charge in [-0.3, -0.25) is 0 Å². The molecule has 2 saturated heterocycles. The van der Waals surface area contributed by atoms with E-state index in [-0.39, 0.29) is 0 Å². The maximum absolute atomic E-state index is 5.47. The molecule has 10 nitrogen and oxygen atoms in total. The number of hydrogen-bond acceptors (Lipinski definition) is 10. The molecule has 4 heterocycles. The summed E-state index contributed by atoms with van der Waals surface area (Å²) in [6, 6.07) is 3.74. The molecule has 2 fully saturated rings. The average Bonchev–Trinajstić information content (AvgIpc) is 3.14. The van der Waals surface area contributed by atoms with Crippen LogP contribution >= 0.6 is 0 Å². The molecule has 2 aromatic rings. The van der Waals surface area contributed by atoms with Crippen LogP contribution in [0.3, 0.4) is 0 Å². The minimum absolute atomic E-state index is 0.396. The van der Waals surface area contributed by atoms with Gasteiger partial charge in [0.25, 0.3) is 0 Å². The Morgan fingerprint density at radius 3 is 2.04 bits per heavy atom. The van der Waals surface area contributed by atoms with Gasteiger partial charge in [0.1, 0.15) is 11.5 Å². The lowest BCUT2D eigenvalue weighted by Gasteiger charge is -2.30. The van der Waals surface area contributed by atoms with Gasteiger partial charge in [0, 0.05) is 26.2 Å². The zero-order valence-corrected chi connectivity index (χ0v) is 15.3. The van der Waals surface area contributed by atoms with E-state index >= 15 is 0 Å². The first kappa shape index (κ1) is 17.7. The molecule has 0 radical (unpaired) electrons. The van der Waals surface area contributed by atoms with Crippen LogP contribution in [0.4, 0.5) is 17.8 Å². The molecule has 0 amide bonds. The molecule has 27 heavy (non-hydrogen) atoms. The van der Waals surface area contributed by atoms with Crippen LogP contribution in [-0.4, -0.2) is 73.8 Å². The highest BCUT2D eigenvalue weighted by Gasteiger charge is 2.20. The van der Waals surface area contributed by atoms with Gasteiger partial charge in [0.15, 0.2) is 0 Å². The van der Waals surface area contributed by atoms with Crippen LogP contribution in [0.15, 0.2) is 21.7 Å². The van der Waals surface area contributed by atoms with Crippen LogP contribution in [0.2, 0.25) is 0 Å². The molecule has 0 aromatic carbocycles. The second-order valence-electron chi connectivity index (χ2n) is 6.28. The van der Waals surface area contributed by atoms with Crippen molar-refractivity contribution in [3.8, 4) is 0 Å². The monoisotopic (exact) mass is 373 g/mol. The van der Waals surface area contributed by atoms with Crippen molar-refractivity contribution < 1.29 is 13.9 Å². The number of nitrogens with zero attached hydrogens (tertiary/aromatic N) is 6. The molecule has 2 aromatic heterocycles. The highest BCUT2D eigenvalue weighted by molar-refractivity contribution is 5.76. The average molecular weight is 373 g/mol. The summed E-state index contributed by atoms with van der Waals surface area (Å²) in [7, 11) is 0. The Kier molecular flexibility index (Phi) is 5.45. The number of aromatic nitrogens is 3. The second kappa shape index (κ2) is 8.31. The summed E-state index contributed by atoms with van der Waals surface area (Å²) < 4.78 is 16.3. The number of rotatable bonds is 5. The van der Waals surface area contributed by atoms with Gasteiger partial charge in [-0.2, -0.15) is 20.1 Å². The third kappa shape index (κ3) is 4.52. The van der Waals surface area contributed by atoms with Crippen molar-refractivity contribution in [1.29, 1.82) is 0 Å². The fourth-order valence-electron chi connectivity index (χ4n) is 2.89. The number of nitrogens with one attached hydrogen (secondary N) is 1. The molecule has 0 spiro atoms. The summed E-state index contributed by atoms with van der Waals surface area (Å²) >= 11 is 0. The van der Waals surface area contributed by atoms with Crippen LogP contribution < -0.4 is 15.2 Å². The largest absolute Gasteiger partial charge is 0.460 e. The lowest BCUT2D eigenvalue weighted by Crippen LogP contribution is -2.40. The number of hydrogen-bond donors (Lipinski definition) is 1. The zero-order chi connectivity index (χ0) is 18.5. The molecule has 144 valence electrons. The summed E-state index contributed by atoms with van der Waals surface area (Å²) in [5, 5.41) is 4.19. The lowest BCUT2D eigenvalue weighted by molar-refractivity contribution is 0.121. The van der Waals surface area contributed by atoms with Crippen LogP contribution in [0, 0.1) is 6.92 Å². The van der Waals surface area contributed by atoms with Gasteiger partial charge >= 0.3 is 0 Å². The quantitative estimate of drug-likeness (QED) is 0.605. The van der Waals surface area contributed by atoms with E-state index in [4.69, 9.17) is 13.9 Å². The lowest BCUT2D eigenvalue weighted by atomic mass is 10.4. The molecule has 0 bridgehead atoms. The molecular weight excluding hydrogens is 350 g/mol. The van der Waals surface area contributed by atoms with E-state index in [1.807, 2.05) is 19.1 Å². The SMILES string of the molecule is Cc1ccc(C=NNc2nc(N3CCOCC3)nc(N3CCOCC3)n2)o1. The Hall–Kier alpha value is -2.72. The Morgan fingerprint density at radius 2 is 1.52 bits per heavy atom. The standard InChI is InChI=1S/C17H23N7O3/c1-13-2-3-14(27-13)12-18-22-15-19-16(23-4-8-25-9-5-23)21-17(20-15)24-6-10-26-11-7-24/h2-3,12H,4-11H2,1H3,(H,19,20,21,22). The summed E-state index contributed by atoms with van der Waals surface area (Å²) in [6.45, 7) is 7.55. The van der Waals surface area contributed by atoms with Gasteiger partial charge in [-0.1, -0.05) is 0 Å². The Bertz CT molecular complexity index is 746. The van der Waals surface area contributed by atoms with Crippen molar-refractivity contribution in [1.82, 2.24) is 15.0 Å². The van der Waals surface area contributed by atoms with Gasteiger partial charge in [-0.15, -0.1) is 0 Å². The summed E-state index contributed by atoms with van der Waals surface area (Å²) in [6.07, 6.45) is 1.60. The third-order valence-electron chi connectivity index (χ3n) is 4.32. The van der Waals surface area contributed by atoms with Gasteiger partial charge in [0.05, 0.1) is 32.6 Å². The highest BCUT2D eigenvalue weighted by Crippen LogP contribution is 2.18. The molecule has 10 heteroatoms. The van der Waals surface area contributed by atoms with Gasteiger partial charge in [-0.25, -0.2) is 5.43 Å². The van der Waals surface area contributed by atoms with E-state index < -0.39 is 0 Å². The number of furan rings is 1. The van der Waals surface area contributed by atoms with E-state index in [0.29, 0.717) is 50.0 Å². The molecule has 4 rings (SSSR count). The maximum Gasteiger partial charge on any atom is 0.250 e. The smallest absolute Gasteiger partial charge is 0.250 e. The fourth-order valence-corrected chi connectivity index (χ4v) is 2.89. The summed E-state index contributed by atoms with van der Waals surface area (Å²) in [5.41, 5.74) is 2.89. The number of aryl methyl sites for hydroxylation is 1.